The number of thioether (sulfide) groups is 1. The summed E-state index contributed by atoms with van der Waals surface area (Å²) in [5, 5.41) is 3.49. The van der Waals surface area contributed by atoms with E-state index in [-0.39, 0.29) is 0 Å². The van der Waals surface area contributed by atoms with E-state index < -0.39 is 0 Å². The minimum Gasteiger partial charge on any atom is -0.311 e. The molecule has 1 fully saturated rings. The molecule has 3 heteroatoms. The molecular weight excluding hydrogens is 168 g/mol. The molecule has 0 spiro atoms. The maximum atomic E-state index is 3.49. The van der Waals surface area contributed by atoms with Crippen molar-refractivity contribution in [1.82, 2.24) is 10.2 Å². The Morgan fingerprint density at radius 1 is 1.50 bits per heavy atom. The van der Waals surface area contributed by atoms with Gasteiger partial charge in [-0.2, -0.15) is 11.8 Å². The van der Waals surface area contributed by atoms with Crippen molar-refractivity contribution in [2.24, 2.45) is 0 Å². The van der Waals surface area contributed by atoms with Crippen molar-refractivity contribution in [2.75, 3.05) is 31.6 Å². The van der Waals surface area contributed by atoms with E-state index in [1.54, 1.807) is 0 Å². The summed E-state index contributed by atoms with van der Waals surface area (Å²) in [5.74, 6) is 1.26. The summed E-state index contributed by atoms with van der Waals surface area (Å²) in [7, 11) is 0. The monoisotopic (exact) mass is 188 g/mol. The maximum absolute atomic E-state index is 3.49. The molecule has 1 rings (SSSR count). The Morgan fingerprint density at radius 3 is 2.92 bits per heavy atom. The third-order valence-electron chi connectivity index (χ3n) is 2.48. The first-order valence-corrected chi connectivity index (χ1v) is 6.09. The van der Waals surface area contributed by atoms with Gasteiger partial charge >= 0.3 is 0 Å². The van der Waals surface area contributed by atoms with Gasteiger partial charge in [-0.3, -0.25) is 4.90 Å². The van der Waals surface area contributed by atoms with Gasteiger partial charge in [0.1, 0.15) is 0 Å². The van der Waals surface area contributed by atoms with Crippen LogP contribution in [0.4, 0.5) is 0 Å². The molecular formula is C9H20N2S. The molecule has 1 aliphatic heterocycles. The van der Waals surface area contributed by atoms with Gasteiger partial charge in [0.15, 0.2) is 0 Å². The smallest absolute Gasteiger partial charge is 0.0193 e. The molecule has 0 aromatic carbocycles. The van der Waals surface area contributed by atoms with E-state index >= 15 is 0 Å². The molecule has 72 valence electrons. The summed E-state index contributed by atoms with van der Waals surface area (Å²) in [6, 6.07) is 1.39. The van der Waals surface area contributed by atoms with E-state index in [4.69, 9.17) is 0 Å². The summed E-state index contributed by atoms with van der Waals surface area (Å²) in [5.41, 5.74) is 0. The Balaban J connectivity index is 2.28. The minimum absolute atomic E-state index is 0.669. The zero-order valence-electron chi connectivity index (χ0n) is 8.34. The highest BCUT2D eigenvalue weighted by Crippen LogP contribution is 2.07. The van der Waals surface area contributed by atoms with Crippen molar-refractivity contribution in [3.8, 4) is 0 Å². The SMILES string of the molecule is CSCCN1CC(C)NCC1C. The van der Waals surface area contributed by atoms with Crippen molar-refractivity contribution >= 4 is 11.8 Å². The summed E-state index contributed by atoms with van der Waals surface area (Å²) in [4.78, 5) is 2.58. The lowest BCUT2D eigenvalue weighted by atomic mass is 10.1. The van der Waals surface area contributed by atoms with Crippen LogP contribution < -0.4 is 5.32 Å². The molecule has 0 radical (unpaired) electrons. The summed E-state index contributed by atoms with van der Waals surface area (Å²) in [6.07, 6.45) is 2.18. The first-order chi connectivity index (χ1) is 5.74. The molecule has 12 heavy (non-hydrogen) atoms. The molecule has 1 N–H and O–H groups in total. The largest absolute Gasteiger partial charge is 0.311 e. The molecule has 2 atom stereocenters. The molecule has 0 amide bonds. The topological polar surface area (TPSA) is 15.3 Å². The number of hydrogen-bond donors (Lipinski definition) is 1. The predicted molar refractivity (Wildman–Crippen MR) is 56.9 cm³/mol. The second kappa shape index (κ2) is 5.10. The third kappa shape index (κ3) is 2.96. The molecule has 0 aromatic heterocycles. The van der Waals surface area contributed by atoms with Gasteiger partial charge in [0, 0.05) is 37.5 Å². The third-order valence-corrected chi connectivity index (χ3v) is 3.07. The van der Waals surface area contributed by atoms with Crippen LogP contribution in [-0.2, 0) is 0 Å². The Morgan fingerprint density at radius 2 is 2.25 bits per heavy atom. The van der Waals surface area contributed by atoms with E-state index in [9.17, 15) is 0 Å². The van der Waals surface area contributed by atoms with E-state index in [0.717, 1.165) is 6.54 Å². The number of nitrogens with zero attached hydrogens (tertiary/aromatic N) is 1. The molecule has 0 aliphatic carbocycles. The first kappa shape index (κ1) is 10.4. The maximum Gasteiger partial charge on any atom is 0.0193 e. The van der Waals surface area contributed by atoms with Crippen LogP contribution in [0.1, 0.15) is 13.8 Å². The normalized spacial score (nSPS) is 32.2. The fraction of sp³-hybridized carbons (Fsp3) is 1.00. The molecule has 1 heterocycles. The Kier molecular flexibility index (Phi) is 4.40. The average molecular weight is 188 g/mol. The van der Waals surface area contributed by atoms with Gasteiger partial charge in [-0.1, -0.05) is 0 Å². The van der Waals surface area contributed by atoms with Crippen LogP contribution in [0.25, 0.3) is 0 Å². The lowest BCUT2D eigenvalue weighted by Crippen LogP contribution is -2.54. The highest BCUT2D eigenvalue weighted by molar-refractivity contribution is 7.98. The van der Waals surface area contributed by atoms with Crippen LogP contribution in [0.3, 0.4) is 0 Å². The lowest BCUT2D eigenvalue weighted by Gasteiger charge is -2.37. The highest BCUT2D eigenvalue weighted by atomic mass is 32.2. The number of hydrogen-bond acceptors (Lipinski definition) is 3. The number of piperazine rings is 1. The van der Waals surface area contributed by atoms with Crippen molar-refractivity contribution in [3.05, 3.63) is 0 Å². The van der Waals surface area contributed by atoms with Crippen LogP contribution in [-0.4, -0.2) is 48.6 Å². The van der Waals surface area contributed by atoms with Gasteiger partial charge in [0.25, 0.3) is 0 Å². The first-order valence-electron chi connectivity index (χ1n) is 4.70. The van der Waals surface area contributed by atoms with Crippen LogP contribution >= 0.6 is 11.8 Å². The number of rotatable bonds is 3. The van der Waals surface area contributed by atoms with E-state index in [0.29, 0.717) is 12.1 Å². The molecule has 0 aromatic rings. The standard InChI is InChI=1S/C9H20N2S/c1-8-7-11(4-5-12-3)9(2)6-10-8/h8-10H,4-7H2,1-3H3. The quantitative estimate of drug-likeness (QED) is 0.712. The fourth-order valence-corrected chi connectivity index (χ4v) is 2.03. The Hall–Kier alpha value is 0.270. The van der Waals surface area contributed by atoms with Crippen molar-refractivity contribution < 1.29 is 0 Å². The summed E-state index contributed by atoms with van der Waals surface area (Å²) in [6.45, 7) is 8.17. The Bertz CT molecular complexity index is 130. The van der Waals surface area contributed by atoms with E-state index in [1.165, 1.54) is 18.8 Å². The van der Waals surface area contributed by atoms with Gasteiger partial charge in [-0.15, -0.1) is 0 Å². The van der Waals surface area contributed by atoms with Crippen LogP contribution in [0, 0.1) is 0 Å². The molecule has 0 saturated carbocycles. The summed E-state index contributed by atoms with van der Waals surface area (Å²) >= 11 is 1.94. The molecule has 1 aliphatic rings. The second-order valence-corrected chi connectivity index (χ2v) is 4.63. The number of nitrogens with one attached hydrogen (secondary N) is 1. The van der Waals surface area contributed by atoms with E-state index in [2.05, 4.69) is 30.3 Å². The fourth-order valence-electron chi connectivity index (χ4n) is 1.62. The van der Waals surface area contributed by atoms with Crippen molar-refractivity contribution in [3.63, 3.8) is 0 Å². The van der Waals surface area contributed by atoms with Crippen molar-refractivity contribution in [1.29, 1.82) is 0 Å². The van der Waals surface area contributed by atoms with Gasteiger partial charge in [-0.25, -0.2) is 0 Å². The zero-order valence-corrected chi connectivity index (χ0v) is 9.16. The molecule has 1 saturated heterocycles. The van der Waals surface area contributed by atoms with Gasteiger partial charge < -0.3 is 5.32 Å². The van der Waals surface area contributed by atoms with E-state index in [1.807, 2.05) is 11.8 Å². The minimum atomic E-state index is 0.669. The summed E-state index contributed by atoms with van der Waals surface area (Å²) < 4.78 is 0. The predicted octanol–water partition coefficient (Wildman–Crippen LogP) is 1.03. The lowest BCUT2D eigenvalue weighted by molar-refractivity contribution is 0.156. The van der Waals surface area contributed by atoms with Crippen LogP contribution in [0.15, 0.2) is 0 Å². The molecule has 0 bridgehead atoms. The van der Waals surface area contributed by atoms with Gasteiger partial charge in [0.05, 0.1) is 0 Å². The average Bonchev–Trinajstić information content (AvgIpc) is 2.07. The second-order valence-electron chi connectivity index (χ2n) is 3.65. The van der Waals surface area contributed by atoms with Crippen LogP contribution in [0.2, 0.25) is 0 Å². The zero-order chi connectivity index (χ0) is 8.97. The van der Waals surface area contributed by atoms with Gasteiger partial charge in [-0.05, 0) is 20.1 Å². The highest BCUT2D eigenvalue weighted by Gasteiger charge is 2.20. The van der Waals surface area contributed by atoms with Crippen molar-refractivity contribution in [2.45, 2.75) is 25.9 Å². The Labute approximate surface area is 80.1 Å². The molecule has 2 nitrogen and oxygen atoms in total. The van der Waals surface area contributed by atoms with Crippen LogP contribution in [0.5, 0.6) is 0 Å². The van der Waals surface area contributed by atoms with Gasteiger partial charge in [0.2, 0.25) is 0 Å². The molecule has 2 unspecified atom stereocenters.